The molecule has 0 atom stereocenters. The van der Waals surface area contributed by atoms with E-state index in [0.29, 0.717) is 0 Å². The molecule has 0 aliphatic heterocycles. The summed E-state index contributed by atoms with van der Waals surface area (Å²) in [7, 11) is 0. The first-order chi connectivity index (χ1) is 4.74. The molecule has 0 unspecified atom stereocenters. The summed E-state index contributed by atoms with van der Waals surface area (Å²) in [5.41, 5.74) is -0.179. The van der Waals surface area contributed by atoms with Crippen LogP contribution in [0.1, 0.15) is 26.7 Å². The van der Waals surface area contributed by atoms with E-state index in [1.165, 1.54) is 0 Å². The molecule has 0 aliphatic rings. The molecule has 0 aromatic rings. The predicted octanol–water partition coefficient (Wildman–Crippen LogP) is 1.48. The molecule has 0 rings (SSSR count). The molecule has 2 heteroatoms. The summed E-state index contributed by atoms with van der Waals surface area (Å²) in [6.07, 6.45) is 4.31. The molecule has 0 radical (unpaired) electrons. The Hall–Kier alpha value is -0.790. The van der Waals surface area contributed by atoms with E-state index in [2.05, 4.69) is 11.9 Å². The maximum absolute atomic E-state index is 10.1. The van der Waals surface area contributed by atoms with Crippen molar-refractivity contribution in [3.63, 3.8) is 0 Å². The van der Waals surface area contributed by atoms with Crippen LogP contribution in [0.15, 0.2) is 12.7 Å². The quantitative estimate of drug-likeness (QED) is 0.456. The third-order valence-corrected chi connectivity index (χ3v) is 2.00. The van der Waals surface area contributed by atoms with Gasteiger partial charge in [0.05, 0.1) is 5.54 Å². The average molecular weight is 141 g/mol. The van der Waals surface area contributed by atoms with E-state index in [-0.39, 0.29) is 5.54 Å². The van der Waals surface area contributed by atoms with Gasteiger partial charge in [-0.1, -0.05) is 19.9 Å². The smallest absolute Gasteiger partial charge is 0.207 e. The number of carbonyl (C=O) groups is 1. The summed E-state index contributed by atoms with van der Waals surface area (Å²) in [6.45, 7) is 7.73. The minimum absolute atomic E-state index is 0.179. The van der Waals surface area contributed by atoms with Crippen molar-refractivity contribution >= 4 is 6.41 Å². The van der Waals surface area contributed by atoms with E-state index < -0.39 is 0 Å². The first kappa shape index (κ1) is 9.21. The largest absolute Gasteiger partial charge is 0.350 e. The molecule has 2 nitrogen and oxygen atoms in total. The number of nitrogens with one attached hydrogen (secondary N) is 1. The molecule has 0 spiro atoms. The Morgan fingerprint density at radius 2 is 2.00 bits per heavy atom. The van der Waals surface area contributed by atoms with Crippen molar-refractivity contribution in [1.29, 1.82) is 0 Å². The molecule has 0 aromatic carbocycles. The Morgan fingerprint density at radius 1 is 1.50 bits per heavy atom. The van der Waals surface area contributed by atoms with Crippen molar-refractivity contribution < 1.29 is 4.79 Å². The van der Waals surface area contributed by atoms with E-state index >= 15 is 0 Å². The summed E-state index contributed by atoms with van der Waals surface area (Å²) >= 11 is 0. The van der Waals surface area contributed by atoms with Crippen molar-refractivity contribution in [2.75, 3.05) is 0 Å². The van der Waals surface area contributed by atoms with Gasteiger partial charge in [0.15, 0.2) is 0 Å². The van der Waals surface area contributed by atoms with Crippen molar-refractivity contribution in [1.82, 2.24) is 5.32 Å². The first-order valence-corrected chi connectivity index (χ1v) is 3.59. The minimum atomic E-state index is -0.179. The fourth-order valence-corrected chi connectivity index (χ4v) is 0.919. The number of hydrogen-bond donors (Lipinski definition) is 1. The SMILES string of the molecule is C=CC(CC)(CC)NC=O. The molecule has 0 aromatic heterocycles. The van der Waals surface area contributed by atoms with Gasteiger partial charge in [-0.2, -0.15) is 0 Å². The Labute approximate surface area is 62.3 Å². The van der Waals surface area contributed by atoms with Crippen LogP contribution in [0, 0.1) is 0 Å². The highest BCUT2D eigenvalue weighted by Gasteiger charge is 2.19. The highest BCUT2D eigenvalue weighted by Crippen LogP contribution is 2.14. The number of hydrogen-bond acceptors (Lipinski definition) is 1. The van der Waals surface area contributed by atoms with Gasteiger partial charge in [0.2, 0.25) is 6.41 Å². The molecule has 1 N–H and O–H groups in total. The van der Waals surface area contributed by atoms with Gasteiger partial charge < -0.3 is 5.32 Å². The Morgan fingerprint density at radius 3 is 2.10 bits per heavy atom. The lowest BCUT2D eigenvalue weighted by atomic mass is 9.93. The molecule has 1 amide bonds. The van der Waals surface area contributed by atoms with Crippen LogP contribution in [0.5, 0.6) is 0 Å². The molecule has 0 bridgehead atoms. The van der Waals surface area contributed by atoms with Gasteiger partial charge in [-0.3, -0.25) is 4.79 Å². The van der Waals surface area contributed by atoms with E-state index in [0.717, 1.165) is 19.3 Å². The lowest BCUT2D eigenvalue weighted by Gasteiger charge is -2.26. The van der Waals surface area contributed by atoms with Crippen molar-refractivity contribution in [3.05, 3.63) is 12.7 Å². The minimum Gasteiger partial charge on any atom is -0.350 e. The van der Waals surface area contributed by atoms with Crippen molar-refractivity contribution in [2.24, 2.45) is 0 Å². The van der Waals surface area contributed by atoms with E-state index in [1.54, 1.807) is 6.08 Å². The summed E-state index contributed by atoms with van der Waals surface area (Å²) in [5.74, 6) is 0. The molecular formula is C8H15NO. The maximum atomic E-state index is 10.1. The van der Waals surface area contributed by atoms with Crippen molar-refractivity contribution in [3.8, 4) is 0 Å². The van der Waals surface area contributed by atoms with Gasteiger partial charge in [0, 0.05) is 0 Å². The van der Waals surface area contributed by atoms with Crippen LogP contribution in [-0.4, -0.2) is 11.9 Å². The Balaban J connectivity index is 4.13. The molecule has 58 valence electrons. The zero-order valence-corrected chi connectivity index (χ0v) is 6.68. The molecule has 0 heterocycles. The van der Waals surface area contributed by atoms with Gasteiger partial charge in [0.1, 0.15) is 0 Å². The van der Waals surface area contributed by atoms with Gasteiger partial charge in [-0.25, -0.2) is 0 Å². The Bertz CT molecular complexity index is 116. The van der Waals surface area contributed by atoms with Crippen LogP contribution in [0.2, 0.25) is 0 Å². The lowest BCUT2D eigenvalue weighted by Crippen LogP contribution is -2.41. The van der Waals surface area contributed by atoms with Crippen LogP contribution >= 0.6 is 0 Å². The standard InChI is InChI=1S/C8H15NO/c1-4-8(5-2,6-3)9-7-10/h4,7H,1,5-6H2,2-3H3,(H,9,10). The van der Waals surface area contributed by atoms with Crippen LogP contribution in [0.3, 0.4) is 0 Å². The van der Waals surface area contributed by atoms with Crippen LogP contribution < -0.4 is 5.32 Å². The molecule has 0 fully saturated rings. The zero-order chi connectivity index (χ0) is 8.04. The lowest BCUT2D eigenvalue weighted by molar-refractivity contribution is -0.110. The van der Waals surface area contributed by atoms with E-state index in [9.17, 15) is 4.79 Å². The average Bonchev–Trinajstić information content (AvgIpc) is 2.01. The monoisotopic (exact) mass is 141 g/mol. The molecule has 0 saturated carbocycles. The van der Waals surface area contributed by atoms with Crippen molar-refractivity contribution in [2.45, 2.75) is 32.2 Å². The Kier molecular flexibility index (Phi) is 3.77. The second-order valence-electron chi connectivity index (χ2n) is 2.33. The predicted molar refractivity (Wildman–Crippen MR) is 42.7 cm³/mol. The van der Waals surface area contributed by atoms with Gasteiger partial charge in [-0.05, 0) is 12.8 Å². The summed E-state index contributed by atoms with van der Waals surface area (Å²) in [4.78, 5) is 10.1. The number of rotatable bonds is 5. The van der Waals surface area contributed by atoms with Crippen LogP contribution in [-0.2, 0) is 4.79 Å². The highest BCUT2D eigenvalue weighted by molar-refractivity contribution is 5.48. The third kappa shape index (κ3) is 1.87. The fourth-order valence-electron chi connectivity index (χ4n) is 0.919. The first-order valence-electron chi connectivity index (χ1n) is 3.59. The zero-order valence-electron chi connectivity index (χ0n) is 6.68. The van der Waals surface area contributed by atoms with E-state index in [1.807, 2.05) is 13.8 Å². The van der Waals surface area contributed by atoms with Gasteiger partial charge >= 0.3 is 0 Å². The molecule has 0 aliphatic carbocycles. The third-order valence-electron chi connectivity index (χ3n) is 2.00. The second-order valence-corrected chi connectivity index (χ2v) is 2.33. The summed E-state index contributed by atoms with van der Waals surface area (Å²) < 4.78 is 0. The molecular weight excluding hydrogens is 126 g/mol. The van der Waals surface area contributed by atoms with Crippen LogP contribution in [0.4, 0.5) is 0 Å². The summed E-state index contributed by atoms with van der Waals surface area (Å²) in [5, 5.41) is 2.75. The topological polar surface area (TPSA) is 29.1 Å². The fraction of sp³-hybridized carbons (Fsp3) is 0.625. The summed E-state index contributed by atoms with van der Waals surface area (Å²) in [6, 6.07) is 0. The van der Waals surface area contributed by atoms with Gasteiger partial charge in [-0.15, -0.1) is 6.58 Å². The van der Waals surface area contributed by atoms with E-state index in [4.69, 9.17) is 0 Å². The van der Waals surface area contributed by atoms with Crippen LogP contribution in [0.25, 0.3) is 0 Å². The maximum Gasteiger partial charge on any atom is 0.207 e. The molecule has 0 saturated heterocycles. The highest BCUT2D eigenvalue weighted by atomic mass is 16.1. The molecule has 10 heavy (non-hydrogen) atoms. The second kappa shape index (κ2) is 4.09. The van der Waals surface area contributed by atoms with Gasteiger partial charge in [0.25, 0.3) is 0 Å². The number of amides is 1. The number of carbonyl (C=O) groups excluding carboxylic acids is 1. The normalized spacial score (nSPS) is 10.6.